The highest BCUT2D eigenvalue weighted by Gasteiger charge is 2.12. The van der Waals surface area contributed by atoms with Gasteiger partial charge in [-0.1, -0.05) is 6.92 Å². The minimum Gasteiger partial charge on any atom is -0.314 e. The van der Waals surface area contributed by atoms with E-state index in [0.717, 1.165) is 25.1 Å². The van der Waals surface area contributed by atoms with Gasteiger partial charge in [0, 0.05) is 17.9 Å². The Morgan fingerprint density at radius 2 is 2.11 bits per heavy atom. The van der Waals surface area contributed by atoms with Gasteiger partial charge in [0.05, 0.1) is 15.7 Å². The monoisotopic (exact) mass is 275 g/mol. The Bertz CT molecular complexity index is 412. The molecule has 0 radical (unpaired) electrons. The van der Waals surface area contributed by atoms with Gasteiger partial charge in [-0.2, -0.15) is 0 Å². The number of nitrogens with one attached hydrogen (secondary N) is 1. The van der Waals surface area contributed by atoms with E-state index in [1.54, 1.807) is 0 Å². The van der Waals surface area contributed by atoms with Crippen LogP contribution in [0.15, 0.2) is 23.1 Å². The van der Waals surface area contributed by atoms with Gasteiger partial charge >= 0.3 is 0 Å². The summed E-state index contributed by atoms with van der Waals surface area (Å²) in [7, 11) is -1.41. The van der Waals surface area contributed by atoms with Crippen molar-refractivity contribution in [3.8, 4) is 0 Å². The third kappa shape index (κ3) is 4.82. The maximum atomic E-state index is 13.4. The summed E-state index contributed by atoms with van der Waals surface area (Å²) in [4.78, 5) is 0.0825. The van der Waals surface area contributed by atoms with Crippen LogP contribution >= 0.6 is 0 Å². The van der Waals surface area contributed by atoms with Crippen molar-refractivity contribution in [2.45, 2.75) is 37.6 Å². The molecule has 1 aromatic rings. The second-order valence-corrected chi connectivity index (χ2v) is 5.81. The molecule has 0 aliphatic heterocycles. The zero-order valence-corrected chi connectivity index (χ0v) is 11.5. The normalized spacial score (nSPS) is 14.4. The summed E-state index contributed by atoms with van der Waals surface area (Å²) in [5.41, 5.74) is 0. The molecule has 0 bridgehead atoms. The van der Waals surface area contributed by atoms with Gasteiger partial charge < -0.3 is 5.32 Å². The van der Waals surface area contributed by atoms with Crippen LogP contribution in [0.1, 0.15) is 26.7 Å². The highest BCUT2D eigenvalue weighted by atomic mass is 32.2. The summed E-state index contributed by atoms with van der Waals surface area (Å²) in [6, 6.07) is 3.41. The van der Waals surface area contributed by atoms with E-state index in [9.17, 15) is 13.0 Å². The van der Waals surface area contributed by atoms with Gasteiger partial charge in [-0.3, -0.25) is 4.21 Å². The first-order chi connectivity index (χ1) is 8.54. The van der Waals surface area contributed by atoms with Crippen LogP contribution in [0.2, 0.25) is 0 Å². The van der Waals surface area contributed by atoms with Crippen LogP contribution in [0.4, 0.5) is 8.78 Å². The first-order valence-corrected chi connectivity index (χ1v) is 7.43. The van der Waals surface area contributed by atoms with Gasteiger partial charge in [0.1, 0.15) is 11.6 Å². The lowest BCUT2D eigenvalue weighted by molar-refractivity contribution is 0.531. The standard InChI is InChI=1S/C13H19F2NOS/c1-3-7-16-10(2)6-8-18(17)13-5-4-11(14)9-12(13)15/h4-5,9-10,16H,3,6-8H2,1-2H3. The SMILES string of the molecule is CCCNC(C)CCS(=O)c1ccc(F)cc1F. The van der Waals surface area contributed by atoms with Crippen LogP contribution in [0.3, 0.4) is 0 Å². The summed E-state index contributed by atoms with van der Waals surface area (Å²) in [6.45, 7) is 5.00. The summed E-state index contributed by atoms with van der Waals surface area (Å²) < 4.78 is 38.0. The van der Waals surface area contributed by atoms with Crippen LogP contribution in [0.5, 0.6) is 0 Å². The first kappa shape index (κ1) is 15.2. The molecule has 0 fully saturated rings. The molecule has 0 amide bonds. The van der Waals surface area contributed by atoms with Gasteiger partial charge in [0.2, 0.25) is 0 Å². The second kappa shape index (κ2) is 7.59. The maximum absolute atomic E-state index is 13.4. The zero-order chi connectivity index (χ0) is 13.5. The van der Waals surface area contributed by atoms with Gasteiger partial charge in [0.15, 0.2) is 0 Å². The Kier molecular flexibility index (Phi) is 6.43. The molecule has 0 aromatic heterocycles. The molecule has 0 saturated heterocycles. The lowest BCUT2D eigenvalue weighted by atomic mass is 10.2. The number of benzene rings is 1. The average molecular weight is 275 g/mol. The quantitative estimate of drug-likeness (QED) is 0.829. The topological polar surface area (TPSA) is 29.1 Å². The van der Waals surface area contributed by atoms with Crippen molar-refractivity contribution < 1.29 is 13.0 Å². The van der Waals surface area contributed by atoms with E-state index in [1.807, 2.05) is 6.92 Å². The Hall–Kier alpha value is -0.810. The minimum atomic E-state index is -1.41. The maximum Gasteiger partial charge on any atom is 0.142 e. The average Bonchev–Trinajstić information content (AvgIpc) is 2.33. The molecule has 102 valence electrons. The van der Waals surface area contributed by atoms with Crippen LogP contribution in [-0.2, 0) is 10.8 Å². The number of halogens is 2. The molecule has 1 N–H and O–H groups in total. The fourth-order valence-electron chi connectivity index (χ4n) is 1.55. The Balaban J connectivity index is 2.50. The molecule has 2 nitrogen and oxygen atoms in total. The molecule has 0 spiro atoms. The highest BCUT2D eigenvalue weighted by molar-refractivity contribution is 7.85. The lowest BCUT2D eigenvalue weighted by Gasteiger charge is -2.12. The Morgan fingerprint density at radius 1 is 1.39 bits per heavy atom. The number of rotatable bonds is 7. The molecule has 2 unspecified atom stereocenters. The molecule has 2 atom stereocenters. The minimum absolute atomic E-state index is 0.0825. The van der Waals surface area contributed by atoms with Crippen molar-refractivity contribution in [1.29, 1.82) is 0 Å². The van der Waals surface area contributed by atoms with E-state index < -0.39 is 22.4 Å². The Morgan fingerprint density at radius 3 is 2.72 bits per heavy atom. The van der Waals surface area contributed by atoms with Crippen molar-refractivity contribution in [1.82, 2.24) is 5.32 Å². The summed E-state index contributed by atoms with van der Waals surface area (Å²) in [6.07, 6.45) is 1.74. The summed E-state index contributed by atoms with van der Waals surface area (Å²) in [5.74, 6) is -1.01. The van der Waals surface area contributed by atoms with E-state index in [4.69, 9.17) is 0 Å². The molecular formula is C13H19F2NOS. The molecule has 0 saturated carbocycles. The summed E-state index contributed by atoms with van der Waals surface area (Å²) >= 11 is 0. The molecule has 0 aliphatic carbocycles. The highest BCUT2D eigenvalue weighted by Crippen LogP contribution is 2.14. The largest absolute Gasteiger partial charge is 0.314 e. The fourth-order valence-corrected chi connectivity index (χ4v) is 2.83. The lowest BCUT2D eigenvalue weighted by Crippen LogP contribution is -2.28. The molecule has 0 aliphatic rings. The van der Waals surface area contributed by atoms with Crippen LogP contribution in [0.25, 0.3) is 0 Å². The van der Waals surface area contributed by atoms with E-state index in [0.29, 0.717) is 12.2 Å². The summed E-state index contributed by atoms with van der Waals surface area (Å²) in [5, 5.41) is 3.27. The van der Waals surface area contributed by atoms with E-state index in [2.05, 4.69) is 12.2 Å². The predicted molar refractivity (Wildman–Crippen MR) is 70.0 cm³/mol. The third-order valence-electron chi connectivity index (χ3n) is 2.62. The van der Waals surface area contributed by atoms with Crippen molar-refractivity contribution in [2.75, 3.05) is 12.3 Å². The second-order valence-electron chi connectivity index (χ2n) is 4.27. The Labute approximate surface area is 109 Å². The number of hydrogen-bond donors (Lipinski definition) is 1. The van der Waals surface area contributed by atoms with Crippen LogP contribution in [-0.4, -0.2) is 22.5 Å². The van der Waals surface area contributed by atoms with E-state index >= 15 is 0 Å². The molecule has 1 rings (SSSR count). The first-order valence-electron chi connectivity index (χ1n) is 6.11. The van der Waals surface area contributed by atoms with Gasteiger partial charge in [0.25, 0.3) is 0 Å². The van der Waals surface area contributed by atoms with Gasteiger partial charge in [-0.15, -0.1) is 0 Å². The van der Waals surface area contributed by atoms with E-state index in [1.165, 1.54) is 6.07 Å². The molecule has 1 aromatic carbocycles. The smallest absolute Gasteiger partial charge is 0.142 e. The van der Waals surface area contributed by atoms with Crippen molar-refractivity contribution in [2.24, 2.45) is 0 Å². The van der Waals surface area contributed by atoms with E-state index in [-0.39, 0.29) is 10.9 Å². The van der Waals surface area contributed by atoms with Crippen molar-refractivity contribution in [3.05, 3.63) is 29.8 Å². The number of hydrogen-bond acceptors (Lipinski definition) is 2. The van der Waals surface area contributed by atoms with Crippen LogP contribution < -0.4 is 5.32 Å². The molecular weight excluding hydrogens is 256 g/mol. The third-order valence-corrected chi connectivity index (χ3v) is 4.05. The van der Waals surface area contributed by atoms with Gasteiger partial charge in [-0.25, -0.2) is 8.78 Å². The van der Waals surface area contributed by atoms with Crippen LogP contribution in [0, 0.1) is 11.6 Å². The zero-order valence-electron chi connectivity index (χ0n) is 10.7. The van der Waals surface area contributed by atoms with Crippen molar-refractivity contribution in [3.63, 3.8) is 0 Å². The van der Waals surface area contributed by atoms with Gasteiger partial charge in [-0.05, 0) is 38.4 Å². The molecule has 0 heterocycles. The predicted octanol–water partition coefficient (Wildman–Crippen LogP) is 2.85. The molecule has 5 heteroatoms. The van der Waals surface area contributed by atoms with Crippen molar-refractivity contribution >= 4 is 10.8 Å². The molecule has 18 heavy (non-hydrogen) atoms. The fraction of sp³-hybridized carbons (Fsp3) is 0.538.